The Bertz CT molecular complexity index is 1070. The second-order valence-electron chi connectivity index (χ2n) is 7.51. The number of sulfonamides is 1. The van der Waals surface area contributed by atoms with Gasteiger partial charge >= 0.3 is 0 Å². The number of carbonyl (C=O) groups excluding carboxylic acids is 2. The second kappa shape index (κ2) is 8.49. The third-order valence-corrected chi connectivity index (χ3v) is 7.85. The number of anilines is 2. The smallest absolute Gasteiger partial charge is 0.243 e. The van der Waals surface area contributed by atoms with Gasteiger partial charge in [-0.2, -0.15) is 4.31 Å². The summed E-state index contributed by atoms with van der Waals surface area (Å²) in [5, 5.41) is 2.80. The van der Waals surface area contributed by atoms with Crippen LogP contribution in [0.1, 0.15) is 19.3 Å². The maximum Gasteiger partial charge on any atom is 0.243 e. The van der Waals surface area contributed by atoms with E-state index < -0.39 is 15.9 Å². The van der Waals surface area contributed by atoms with Crippen LogP contribution in [-0.4, -0.2) is 44.2 Å². The quantitative estimate of drug-likeness (QED) is 0.695. The lowest BCUT2D eigenvalue weighted by molar-refractivity contribution is -0.122. The largest absolute Gasteiger partial charge is 0.326 e. The number of halogens is 1. The predicted octanol–water partition coefficient (Wildman–Crippen LogP) is 3.23. The fourth-order valence-corrected chi connectivity index (χ4v) is 5.71. The first kappa shape index (κ1) is 21.0. The van der Waals surface area contributed by atoms with Crippen molar-refractivity contribution in [1.29, 1.82) is 0 Å². The Labute approximate surface area is 184 Å². The number of nitrogens with one attached hydrogen (secondary N) is 1. The molecule has 0 aliphatic carbocycles. The van der Waals surface area contributed by atoms with Crippen molar-refractivity contribution >= 4 is 49.1 Å². The van der Waals surface area contributed by atoms with E-state index in [1.165, 1.54) is 16.4 Å². The molecule has 0 bridgehead atoms. The predicted molar refractivity (Wildman–Crippen MR) is 118 cm³/mol. The molecule has 30 heavy (non-hydrogen) atoms. The van der Waals surface area contributed by atoms with E-state index >= 15 is 0 Å². The molecule has 2 saturated heterocycles. The Morgan fingerprint density at radius 3 is 2.43 bits per heavy atom. The van der Waals surface area contributed by atoms with Gasteiger partial charge in [0.15, 0.2) is 0 Å². The van der Waals surface area contributed by atoms with Crippen molar-refractivity contribution in [3.8, 4) is 0 Å². The molecule has 0 spiro atoms. The first-order valence-electron chi connectivity index (χ1n) is 9.81. The van der Waals surface area contributed by atoms with Gasteiger partial charge < -0.3 is 10.2 Å². The van der Waals surface area contributed by atoms with Gasteiger partial charge in [0.2, 0.25) is 21.8 Å². The monoisotopic (exact) mass is 491 g/mol. The number of carbonyl (C=O) groups is 2. The van der Waals surface area contributed by atoms with Crippen LogP contribution in [0.15, 0.2) is 57.9 Å². The third-order valence-electron chi connectivity index (χ3n) is 5.44. The van der Waals surface area contributed by atoms with Crippen LogP contribution in [0.4, 0.5) is 11.4 Å². The van der Waals surface area contributed by atoms with Crippen molar-refractivity contribution in [2.45, 2.75) is 24.2 Å². The maximum absolute atomic E-state index is 12.7. The van der Waals surface area contributed by atoms with E-state index in [-0.39, 0.29) is 23.1 Å². The molecular weight excluding hydrogens is 470 g/mol. The number of hydrogen-bond acceptors (Lipinski definition) is 4. The Morgan fingerprint density at radius 1 is 1.07 bits per heavy atom. The van der Waals surface area contributed by atoms with E-state index in [2.05, 4.69) is 21.2 Å². The zero-order valence-corrected chi connectivity index (χ0v) is 18.7. The fraction of sp³-hybridized carbons (Fsp3) is 0.333. The molecule has 2 aromatic carbocycles. The van der Waals surface area contributed by atoms with Crippen LogP contribution in [-0.2, 0) is 19.6 Å². The Hall–Kier alpha value is -2.23. The van der Waals surface area contributed by atoms with Gasteiger partial charge in [-0.05, 0) is 55.3 Å². The van der Waals surface area contributed by atoms with Gasteiger partial charge in [-0.15, -0.1) is 0 Å². The average molecular weight is 492 g/mol. The average Bonchev–Trinajstić information content (AvgIpc) is 3.39. The molecule has 158 valence electrons. The summed E-state index contributed by atoms with van der Waals surface area (Å²) in [7, 11) is -3.48. The van der Waals surface area contributed by atoms with Gasteiger partial charge in [0.25, 0.3) is 0 Å². The Kier molecular flexibility index (Phi) is 5.95. The first-order chi connectivity index (χ1) is 14.3. The lowest BCUT2D eigenvalue weighted by atomic mass is 10.1. The summed E-state index contributed by atoms with van der Waals surface area (Å²) in [6.07, 6.45) is 1.90. The van der Waals surface area contributed by atoms with Crippen LogP contribution in [0.5, 0.6) is 0 Å². The zero-order valence-electron chi connectivity index (χ0n) is 16.3. The lowest BCUT2D eigenvalue weighted by Gasteiger charge is -2.17. The van der Waals surface area contributed by atoms with E-state index in [9.17, 15) is 18.0 Å². The number of benzene rings is 2. The SMILES string of the molecule is O=C(Nc1ccc(S(=O)(=O)N2CCCC2)cc1)C1CC(=O)N(c2cccc(Br)c2)C1. The highest BCUT2D eigenvalue weighted by Gasteiger charge is 2.35. The highest BCUT2D eigenvalue weighted by Crippen LogP contribution is 2.28. The Morgan fingerprint density at radius 2 is 1.77 bits per heavy atom. The van der Waals surface area contributed by atoms with Crippen molar-refractivity contribution in [3.05, 3.63) is 53.0 Å². The summed E-state index contributed by atoms with van der Waals surface area (Å²) in [6, 6.07) is 13.6. The number of hydrogen-bond donors (Lipinski definition) is 1. The van der Waals surface area contributed by atoms with Gasteiger partial charge in [0.1, 0.15) is 0 Å². The molecule has 2 aliphatic rings. The van der Waals surface area contributed by atoms with Crippen molar-refractivity contribution in [2.75, 3.05) is 29.9 Å². The minimum atomic E-state index is -3.48. The van der Waals surface area contributed by atoms with Gasteiger partial charge in [0.05, 0.1) is 10.8 Å². The van der Waals surface area contributed by atoms with Crippen LogP contribution in [0.2, 0.25) is 0 Å². The number of nitrogens with zero attached hydrogens (tertiary/aromatic N) is 2. The summed E-state index contributed by atoms with van der Waals surface area (Å²) in [6.45, 7) is 1.40. The molecule has 2 amide bonds. The van der Waals surface area contributed by atoms with Gasteiger partial charge in [-0.1, -0.05) is 22.0 Å². The third kappa shape index (κ3) is 4.28. The number of amides is 2. The van der Waals surface area contributed by atoms with Gasteiger partial charge in [-0.3, -0.25) is 9.59 Å². The van der Waals surface area contributed by atoms with Crippen LogP contribution in [0.25, 0.3) is 0 Å². The molecule has 9 heteroatoms. The van der Waals surface area contributed by atoms with Crippen LogP contribution in [0.3, 0.4) is 0 Å². The molecular formula is C21H22BrN3O4S. The second-order valence-corrected chi connectivity index (χ2v) is 10.4. The van der Waals surface area contributed by atoms with E-state index in [4.69, 9.17) is 0 Å². The minimum Gasteiger partial charge on any atom is -0.326 e. The van der Waals surface area contributed by atoms with Gasteiger partial charge in [0, 0.05) is 41.9 Å². The summed E-state index contributed by atoms with van der Waals surface area (Å²) in [4.78, 5) is 26.9. The summed E-state index contributed by atoms with van der Waals surface area (Å²) < 4.78 is 27.6. The molecule has 1 atom stereocenters. The summed E-state index contributed by atoms with van der Waals surface area (Å²) in [5.74, 6) is -0.819. The van der Waals surface area contributed by atoms with E-state index in [1.54, 1.807) is 17.0 Å². The van der Waals surface area contributed by atoms with E-state index in [0.717, 1.165) is 23.0 Å². The van der Waals surface area contributed by atoms with Crippen molar-refractivity contribution in [1.82, 2.24) is 4.31 Å². The van der Waals surface area contributed by atoms with Gasteiger partial charge in [-0.25, -0.2) is 8.42 Å². The standard InChI is InChI=1S/C21H22BrN3O4S/c22-16-4-3-5-18(13-16)25-14-15(12-20(25)26)21(27)23-17-6-8-19(9-7-17)30(28,29)24-10-1-2-11-24/h3-9,13,15H,1-2,10-12,14H2,(H,23,27). The first-order valence-corrected chi connectivity index (χ1v) is 12.0. The molecule has 0 saturated carbocycles. The Balaban J connectivity index is 1.41. The fourth-order valence-electron chi connectivity index (χ4n) is 3.81. The molecule has 0 radical (unpaired) electrons. The zero-order chi connectivity index (χ0) is 21.3. The molecule has 2 aromatic rings. The molecule has 4 rings (SSSR count). The molecule has 1 unspecified atom stereocenters. The molecule has 0 aromatic heterocycles. The highest BCUT2D eigenvalue weighted by atomic mass is 79.9. The van der Waals surface area contributed by atoms with Crippen molar-refractivity contribution < 1.29 is 18.0 Å². The molecule has 2 fully saturated rings. The van der Waals surface area contributed by atoms with Crippen LogP contribution in [0, 0.1) is 5.92 Å². The topological polar surface area (TPSA) is 86.8 Å². The molecule has 1 N–H and O–H groups in total. The lowest BCUT2D eigenvalue weighted by Crippen LogP contribution is -2.28. The van der Waals surface area contributed by atoms with E-state index in [1.807, 2.05) is 24.3 Å². The van der Waals surface area contributed by atoms with Crippen molar-refractivity contribution in [3.63, 3.8) is 0 Å². The van der Waals surface area contributed by atoms with Crippen LogP contribution < -0.4 is 10.2 Å². The number of rotatable bonds is 5. The van der Waals surface area contributed by atoms with E-state index in [0.29, 0.717) is 25.3 Å². The normalized spacial score (nSPS) is 20.0. The molecule has 2 aliphatic heterocycles. The molecule has 2 heterocycles. The highest BCUT2D eigenvalue weighted by molar-refractivity contribution is 9.10. The maximum atomic E-state index is 12.7. The minimum absolute atomic E-state index is 0.0969. The van der Waals surface area contributed by atoms with Crippen LogP contribution >= 0.6 is 15.9 Å². The van der Waals surface area contributed by atoms with Crippen molar-refractivity contribution in [2.24, 2.45) is 5.92 Å². The molecule has 7 nitrogen and oxygen atoms in total. The summed E-state index contributed by atoms with van der Waals surface area (Å²) >= 11 is 3.40. The summed E-state index contributed by atoms with van der Waals surface area (Å²) in [5.41, 5.74) is 1.26.